The van der Waals surface area contributed by atoms with E-state index in [2.05, 4.69) is 55.4 Å². The smallest absolute Gasteiger partial charge is 0.462 e. The molecule has 0 radical (unpaired) electrons. The molecule has 0 aliphatic rings. The van der Waals surface area contributed by atoms with Crippen molar-refractivity contribution in [3.63, 3.8) is 0 Å². The number of rotatable bonds is 78. The number of phosphoric acid groups is 2. The van der Waals surface area contributed by atoms with Gasteiger partial charge in [0.05, 0.1) is 26.4 Å². The molecule has 0 aromatic heterocycles. The molecule has 0 saturated carbocycles. The van der Waals surface area contributed by atoms with Crippen molar-refractivity contribution in [3.8, 4) is 0 Å². The van der Waals surface area contributed by atoms with Gasteiger partial charge in [-0.25, -0.2) is 9.13 Å². The summed E-state index contributed by atoms with van der Waals surface area (Å²) in [5.41, 5.74) is 0. The number of aliphatic hydroxyl groups excluding tert-OH is 1. The largest absolute Gasteiger partial charge is 0.472 e. The van der Waals surface area contributed by atoms with Crippen LogP contribution in [-0.2, 0) is 65.4 Å². The number of aliphatic hydroxyl groups is 1. The van der Waals surface area contributed by atoms with Crippen LogP contribution in [-0.4, -0.2) is 96.7 Å². The molecule has 0 bridgehead atoms. The molecule has 0 aromatic carbocycles. The van der Waals surface area contributed by atoms with Gasteiger partial charge in [0.15, 0.2) is 12.2 Å². The van der Waals surface area contributed by atoms with E-state index >= 15 is 0 Å². The standard InChI is InChI=1S/C81H158O17P2/c1-9-74(8)60-52-44-36-28-21-16-14-12-10-11-13-15-17-22-29-37-45-53-61-78(83)91-67-76(97-81(86)64-56-48-39-31-25-24-27-34-42-50-58-72(4)5)69-95-99(87,88)93-65-75(82)66-94-100(89,90)96-70-77(68-92-79(84)62-54-46-40-32-35-43-51-59-73(6)7)98-80(85)63-55-47-38-30-23-19-18-20-26-33-41-49-57-71(2)3/h71-77,82H,9-70H2,1-8H3,(H,87,88)(H,89,90)/t74?,75?,76-,77-/m1/s1. The topological polar surface area (TPSA) is 237 Å². The first-order chi connectivity index (χ1) is 48.1. The number of ether oxygens (including phenoxy) is 4. The highest BCUT2D eigenvalue weighted by Gasteiger charge is 2.30. The van der Waals surface area contributed by atoms with E-state index in [1.807, 2.05) is 0 Å². The van der Waals surface area contributed by atoms with E-state index in [1.54, 1.807) is 0 Å². The zero-order chi connectivity index (χ0) is 73.8. The maximum atomic E-state index is 13.1. The van der Waals surface area contributed by atoms with E-state index in [0.717, 1.165) is 114 Å². The highest BCUT2D eigenvalue weighted by Crippen LogP contribution is 2.45. The number of unbranched alkanes of at least 4 members (excludes halogenated alkanes) is 43. The summed E-state index contributed by atoms with van der Waals surface area (Å²) >= 11 is 0. The second-order valence-electron chi connectivity index (χ2n) is 30.8. The van der Waals surface area contributed by atoms with Crippen molar-refractivity contribution < 1.29 is 80.2 Å². The lowest BCUT2D eigenvalue weighted by molar-refractivity contribution is -0.161. The molecule has 4 unspecified atom stereocenters. The number of phosphoric ester groups is 2. The van der Waals surface area contributed by atoms with Gasteiger partial charge in [0.2, 0.25) is 0 Å². The van der Waals surface area contributed by atoms with Crippen molar-refractivity contribution >= 4 is 39.5 Å². The first kappa shape index (κ1) is 98.1. The number of hydrogen-bond acceptors (Lipinski definition) is 15. The third-order valence-corrected chi connectivity index (χ3v) is 21.1. The van der Waals surface area contributed by atoms with Crippen LogP contribution < -0.4 is 0 Å². The Bertz CT molecular complexity index is 1960. The Balaban J connectivity index is 5.18. The lowest BCUT2D eigenvalue weighted by Gasteiger charge is -2.21. The third-order valence-electron chi connectivity index (χ3n) is 19.2. The zero-order valence-electron chi connectivity index (χ0n) is 65.8. The Morgan fingerprint density at radius 2 is 0.480 bits per heavy atom. The van der Waals surface area contributed by atoms with Gasteiger partial charge in [-0.3, -0.25) is 37.3 Å². The highest BCUT2D eigenvalue weighted by atomic mass is 31.2. The summed E-state index contributed by atoms with van der Waals surface area (Å²) in [4.78, 5) is 73.0. The molecule has 6 atom stereocenters. The van der Waals surface area contributed by atoms with Crippen molar-refractivity contribution in [2.45, 2.75) is 433 Å². The molecule has 0 spiro atoms. The lowest BCUT2D eigenvalue weighted by atomic mass is 9.99. The van der Waals surface area contributed by atoms with Crippen LogP contribution in [0.2, 0.25) is 0 Å². The summed E-state index contributed by atoms with van der Waals surface area (Å²) in [7, 11) is -9.92. The molecule has 19 heteroatoms. The van der Waals surface area contributed by atoms with E-state index in [9.17, 15) is 43.2 Å². The minimum Gasteiger partial charge on any atom is -0.462 e. The molecule has 0 aliphatic heterocycles. The Hall–Kier alpha value is -1.94. The average Bonchev–Trinajstić information content (AvgIpc) is 0.929. The number of carbonyl (C=O) groups is 4. The van der Waals surface area contributed by atoms with E-state index in [0.29, 0.717) is 31.6 Å². The maximum Gasteiger partial charge on any atom is 0.472 e. The van der Waals surface area contributed by atoms with E-state index < -0.39 is 97.5 Å². The zero-order valence-corrected chi connectivity index (χ0v) is 67.6. The van der Waals surface area contributed by atoms with Gasteiger partial charge >= 0.3 is 39.5 Å². The fourth-order valence-corrected chi connectivity index (χ4v) is 14.0. The van der Waals surface area contributed by atoms with E-state index in [-0.39, 0.29) is 25.7 Å². The fraction of sp³-hybridized carbons (Fsp3) is 0.951. The van der Waals surface area contributed by atoms with Gasteiger partial charge in [-0.2, -0.15) is 0 Å². The molecule has 0 heterocycles. The first-order valence-electron chi connectivity index (χ1n) is 41.7. The van der Waals surface area contributed by atoms with E-state index in [1.165, 1.54) is 212 Å². The monoisotopic (exact) mass is 1470 g/mol. The Labute approximate surface area is 613 Å². The van der Waals surface area contributed by atoms with Crippen LogP contribution >= 0.6 is 15.6 Å². The van der Waals surface area contributed by atoms with Gasteiger partial charge in [0.1, 0.15) is 19.3 Å². The van der Waals surface area contributed by atoms with E-state index in [4.69, 9.17) is 37.0 Å². The summed E-state index contributed by atoms with van der Waals surface area (Å²) in [6.45, 7) is 14.2. The Morgan fingerprint density at radius 1 is 0.280 bits per heavy atom. The minimum atomic E-state index is -4.96. The van der Waals surface area contributed by atoms with Crippen LogP contribution in [0.5, 0.6) is 0 Å². The molecule has 0 aliphatic carbocycles. The van der Waals surface area contributed by atoms with Crippen LogP contribution in [0.1, 0.15) is 415 Å². The Kier molecular flexibility index (Phi) is 68.7. The van der Waals surface area contributed by atoms with Crippen LogP contribution in [0.25, 0.3) is 0 Å². The SMILES string of the molecule is CCC(C)CCCCCCCCCCCCCCCCCCCCC(=O)OC[C@H](COP(=O)(O)OCC(O)COP(=O)(O)OC[C@@H](COC(=O)CCCCCCCCCC(C)C)OC(=O)CCCCCCCCCCCCCCC(C)C)OC(=O)CCCCCCCCCCCCC(C)C. The summed E-state index contributed by atoms with van der Waals surface area (Å²) in [6, 6.07) is 0. The Morgan fingerprint density at radius 3 is 0.710 bits per heavy atom. The molecule has 17 nitrogen and oxygen atoms in total. The first-order valence-corrected chi connectivity index (χ1v) is 44.7. The number of hydrogen-bond donors (Lipinski definition) is 3. The molecular formula is C81H158O17P2. The van der Waals surface area contributed by atoms with Crippen molar-refractivity contribution in [1.82, 2.24) is 0 Å². The van der Waals surface area contributed by atoms with Gasteiger partial charge in [-0.05, 0) is 49.4 Å². The number of esters is 4. The predicted octanol–water partition coefficient (Wildman–Crippen LogP) is 24.0. The van der Waals surface area contributed by atoms with Gasteiger partial charge in [-0.1, -0.05) is 364 Å². The van der Waals surface area contributed by atoms with Crippen molar-refractivity contribution in [2.24, 2.45) is 23.7 Å². The molecule has 0 fully saturated rings. The van der Waals surface area contributed by atoms with Crippen LogP contribution in [0.15, 0.2) is 0 Å². The summed E-state index contributed by atoms with van der Waals surface area (Å²) in [6.07, 6.45) is 57.0. The van der Waals surface area contributed by atoms with Crippen molar-refractivity contribution in [1.29, 1.82) is 0 Å². The van der Waals surface area contributed by atoms with Gasteiger partial charge in [0, 0.05) is 25.7 Å². The molecule has 100 heavy (non-hydrogen) atoms. The van der Waals surface area contributed by atoms with Gasteiger partial charge < -0.3 is 33.8 Å². The second kappa shape index (κ2) is 70.1. The van der Waals surface area contributed by atoms with Crippen LogP contribution in [0, 0.1) is 23.7 Å². The third kappa shape index (κ3) is 73.0. The lowest BCUT2D eigenvalue weighted by Crippen LogP contribution is -2.30. The average molecular weight is 1470 g/mol. The molecule has 0 amide bonds. The molecule has 594 valence electrons. The quantitative estimate of drug-likeness (QED) is 0.0222. The molecule has 0 rings (SSSR count). The minimum absolute atomic E-state index is 0.106. The van der Waals surface area contributed by atoms with Gasteiger partial charge in [-0.15, -0.1) is 0 Å². The molecule has 0 saturated heterocycles. The fourth-order valence-electron chi connectivity index (χ4n) is 12.4. The van der Waals surface area contributed by atoms with Crippen LogP contribution in [0.4, 0.5) is 0 Å². The van der Waals surface area contributed by atoms with Gasteiger partial charge in [0.25, 0.3) is 0 Å². The van der Waals surface area contributed by atoms with Crippen molar-refractivity contribution in [2.75, 3.05) is 39.6 Å². The summed E-state index contributed by atoms with van der Waals surface area (Å²) in [5.74, 6) is 0.991. The summed E-state index contributed by atoms with van der Waals surface area (Å²) < 4.78 is 68.7. The molecule has 0 aromatic rings. The van der Waals surface area contributed by atoms with Crippen molar-refractivity contribution in [3.05, 3.63) is 0 Å². The highest BCUT2D eigenvalue weighted by molar-refractivity contribution is 7.47. The van der Waals surface area contributed by atoms with Crippen LogP contribution in [0.3, 0.4) is 0 Å². The second-order valence-corrected chi connectivity index (χ2v) is 33.7. The number of carbonyl (C=O) groups excluding carboxylic acids is 4. The normalized spacial score (nSPS) is 14.3. The summed E-state index contributed by atoms with van der Waals surface area (Å²) in [5, 5.41) is 10.6. The molecular weight excluding hydrogens is 1310 g/mol. The predicted molar refractivity (Wildman–Crippen MR) is 409 cm³/mol. The molecule has 3 N–H and O–H groups in total. The maximum absolute atomic E-state index is 13.1.